The Morgan fingerprint density at radius 2 is 2.03 bits per heavy atom. The molecule has 0 saturated carbocycles. The molecule has 2 aromatic heterocycles. The van der Waals surface area contributed by atoms with Crippen molar-refractivity contribution in [3.8, 4) is 22.8 Å². The van der Waals surface area contributed by atoms with Crippen molar-refractivity contribution in [3.63, 3.8) is 0 Å². The van der Waals surface area contributed by atoms with Crippen LogP contribution in [0.2, 0.25) is 0 Å². The third-order valence-electron chi connectivity index (χ3n) is 4.53. The van der Waals surface area contributed by atoms with Gasteiger partial charge < -0.3 is 10.8 Å². The summed E-state index contributed by atoms with van der Waals surface area (Å²) < 4.78 is 5.68. The number of hydrogen-bond donors (Lipinski definition) is 3. The molecule has 33 heavy (non-hydrogen) atoms. The van der Waals surface area contributed by atoms with Crippen LogP contribution >= 0.6 is 0 Å². The van der Waals surface area contributed by atoms with Gasteiger partial charge >= 0.3 is 0 Å². The number of aromatic nitrogens is 5. The predicted molar refractivity (Wildman–Crippen MR) is 114 cm³/mol. The minimum atomic E-state index is -0.771. The quantitative estimate of drug-likeness (QED) is 0.221. The van der Waals surface area contributed by atoms with E-state index in [4.69, 9.17) is 5.73 Å². The summed E-state index contributed by atoms with van der Waals surface area (Å²) in [6.07, 6.45) is 0. The summed E-state index contributed by atoms with van der Waals surface area (Å²) in [6, 6.07) is 12.0. The highest BCUT2D eigenvalue weighted by molar-refractivity contribution is 6.03. The van der Waals surface area contributed by atoms with Crippen LogP contribution in [-0.4, -0.2) is 47.0 Å². The molecule has 0 atom stereocenters. The van der Waals surface area contributed by atoms with Gasteiger partial charge in [-0.15, -0.1) is 5.10 Å². The molecule has 14 nitrogen and oxygen atoms in total. The van der Waals surface area contributed by atoms with Gasteiger partial charge in [-0.05, 0) is 29.4 Å². The van der Waals surface area contributed by atoms with Crippen molar-refractivity contribution in [2.45, 2.75) is 6.92 Å². The second kappa shape index (κ2) is 8.54. The minimum Gasteiger partial charge on any atom is -0.507 e. The number of amides is 1. The maximum atomic E-state index is 12.9. The van der Waals surface area contributed by atoms with Crippen molar-refractivity contribution in [1.29, 1.82) is 0 Å². The van der Waals surface area contributed by atoms with E-state index in [9.17, 15) is 20.0 Å². The highest BCUT2D eigenvalue weighted by atomic mass is 16.6. The van der Waals surface area contributed by atoms with Gasteiger partial charge in [0.05, 0.1) is 10.6 Å². The van der Waals surface area contributed by atoms with Crippen LogP contribution in [0, 0.1) is 10.1 Å². The Hall–Kier alpha value is -5.14. The number of carbonyl (C=O) groups is 1. The maximum Gasteiger partial charge on any atom is 0.294 e. The molecule has 2 aromatic carbocycles. The normalized spacial score (nSPS) is 11.4. The van der Waals surface area contributed by atoms with E-state index in [-0.39, 0.29) is 40.0 Å². The molecule has 4 rings (SSSR count). The largest absolute Gasteiger partial charge is 0.507 e. The summed E-state index contributed by atoms with van der Waals surface area (Å²) in [4.78, 5) is 23.6. The highest BCUT2D eigenvalue weighted by Crippen LogP contribution is 2.29. The van der Waals surface area contributed by atoms with Crippen molar-refractivity contribution in [2.75, 3.05) is 5.73 Å². The number of nitrogens with zero attached hydrogens (tertiary/aromatic N) is 7. The number of nitrogen functional groups attached to an aromatic ring is 1. The number of phenols is 1. The Kier molecular flexibility index (Phi) is 5.46. The Morgan fingerprint density at radius 1 is 1.24 bits per heavy atom. The second-order valence-corrected chi connectivity index (χ2v) is 6.63. The van der Waals surface area contributed by atoms with E-state index in [1.807, 2.05) is 0 Å². The zero-order valence-corrected chi connectivity index (χ0v) is 16.9. The lowest BCUT2D eigenvalue weighted by Crippen LogP contribution is -2.21. The Morgan fingerprint density at radius 3 is 2.73 bits per heavy atom. The number of nitrogens with two attached hydrogens (primary N) is 1. The van der Waals surface area contributed by atoms with Crippen LogP contribution in [0.15, 0.2) is 58.3 Å². The molecule has 0 aliphatic rings. The molecule has 1 amide bonds. The van der Waals surface area contributed by atoms with Crippen molar-refractivity contribution in [3.05, 3.63) is 69.9 Å². The molecular formula is C19H15N9O5. The maximum absolute atomic E-state index is 12.9. The van der Waals surface area contributed by atoms with Crippen molar-refractivity contribution in [1.82, 2.24) is 30.7 Å². The van der Waals surface area contributed by atoms with E-state index < -0.39 is 10.8 Å². The molecule has 0 fully saturated rings. The summed E-state index contributed by atoms with van der Waals surface area (Å²) in [6.45, 7) is 1.59. The zero-order chi connectivity index (χ0) is 23.5. The van der Waals surface area contributed by atoms with Gasteiger partial charge in [-0.3, -0.25) is 14.9 Å². The summed E-state index contributed by atoms with van der Waals surface area (Å²) >= 11 is 0. The number of carbonyl (C=O) groups excluding carboxylic acids is 1. The third-order valence-corrected chi connectivity index (χ3v) is 4.53. The molecule has 0 bridgehead atoms. The van der Waals surface area contributed by atoms with Crippen molar-refractivity contribution in [2.24, 2.45) is 5.10 Å². The number of hydrazone groups is 1. The number of nitrogens with one attached hydrogen (secondary N) is 1. The molecule has 14 heteroatoms. The van der Waals surface area contributed by atoms with Gasteiger partial charge in [0.25, 0.3) is 11.6 Å². The first kappa shape index (κ1) is 21.1. The second-order valence-electron chi connectivity index (χ2n) is 6.63. The summed E-state index contributed by atoms with van der Waals surface area (Å²) in [5, 5.41) is 40.1. The van der Waals surface area contributed by atoms with E-state index in [1.54, 1.807) is 25.1 Å². The molecule has 166 valence electrons. The minimum absolute atomic E-state index is 0.00904. The Bertz CT molecular complexity index is 1390. The molecule has 0 radical (unpaired) electrons. The predicted octanol–water partition coefficient (Wildman–Crippen LogP) is 1.67. The van der Waals surface area contributed by atoms with Gasteiger partial charge in [0.15, 0.2) is 5.69 Å². The topological polar surface area (TPSA) is 200 Å². The number of hydrogen-bond acceptors (Lipinski definition) is 11. The lowest BCUT2D eigenvalue weighted by Gasteiger charge is -2.07. The van der Waals surface area contributed by atoms with Gasteiger partial charge in [0, 0.05) is 23.3 Å². The van der Waals surface area contributed by atoms with Gasteiger partial charge in [-0.1, -0.05) is 29.5 Å². The SMILES string of the molecule is C/C(=N\NC(=O)c1nnn(-c2nonc2N)c1-c1cccc([N+](=O)[O-])c1)c1ccccc1O. The van der Waals surface area contributed by atoms with Crippen LogP contribution < -0.4 is 11.2 Å². The fourth-order valence-corrected chi connectivity index (χ4v) is 2.97. The fraction of sp³-hybridized carbons (Fsp3) is 0.0526. The monoisotopic (exact) mass is 449 g/mol. The lowest BCUT2D eigenvalue weighted by molar-refractivity contribution is -0.384. The summed E-state index contributed by atoms with van der Waals surface area (Å²) in [7, 11) is 0. The molecule has 0 aliphatic carbocycles. The Labute approximate surface area is 184 Å². The number of aromatic hydroxyl groups is 1. The van der Waals surface area contributed by atoms with E-state index in [0.717, 1.165) is 4.68 Å². The number of phenolic OH excluding ortho intramolecular Hbond substituents is 1. The van der Waals surface area contributed by atoms with Crippen LogP contribution in [0.1, 0.15) is 23.0 Å². The van der Waals surface area contributed by atoms with Gasteiger partial charge in [-0.25, -0.2) is 10.1 Å². The first-order chi connectivity index (χ1) is 15.9. The highest BCUT2D eigenvalue weighted by Gasteiger charge is 2.26. The molecule has 2 heterocycles. The molecule has 0 spiro atoms. The number of non-ortho nitro benzene ring substituents is 1. The van der Waals surface area contributed by atoms with Crippen molar-refractivity contribution < 1.29 is 19.5 Å². The fourth-order valence-electron chi connectivity index (χ4n) is 2.97. The average Bonchev–Trinajstić information content (AvgIpc) is 3.43. The van der Waals surface area contributed by atoms with Crippen LogP contribution in [0.3, 0.4) is 0 Å². The van der Waals surface area contributed by atoms with Gasteiger partial charge in [0.2, 0.25) is 11.6 Å². The zero-order valence-electron chi connectivity index (χ0n) is 16.9. The van der Waals surface area contributed by atoms with Gasteiger partial charge in [0.1, 0.15) is 11.4 Å². The molecule has 0 unspecified atom stereocenters. The third kappa shape index (κ3) is 4.07. The summed E-state index contributed by atoms with van der Waals surface area (Å²) in [5.41, 5.74) is 8.70. The molecule has 4 aromatic rings. The number of para-hydroxylation sites is 1. The van der Waals surface area contributed by atoms with Crippen LogP contribution in [0.25, 0.3) is 17.1 Å². The van der Waals surface area contributed by atoms with E-state index >= 15 is 0 Å². The molecule has 4 N–H and O–H groups in total. The average molecular weight is 449 g/mol. The van der Waals surface area contributed by atoms with Gasteiger partial charge in [-0.2, -0.15) is 9.78 Å². The summed E-state index contributed by atoms with van der Waals surface area (Å²) in [5.74, 6) is -0.971. The van der Waals surface area contributed by atoms with E-state index in [2.05, 4.69) is 35.8 Å². The van der Waals surface area contributed by atoms with Crippen LogP contribution in [0.4, 0.5) is 11.5 Å². The first-order valence-corrected chi connectivity index (χ1v) is 9.28. The number of nitro benzene ring substituents is 1. The molecule has 0 saturated heterocycles. The number of benzene rings is 2. The Balaban J connectivity index is 1.77. The van der Waals surface area contributed by atoms with E-state index in [1.165, 1.54) is 30.3 Å². The van der Waals surface area contributed by atoms with Crippen LogP contribution in [-0.2, 0) is 0 Å². The number of nitro groups is 1. The smallest absolute Gasteiger partial charge is 0.294 e. The lowest BCUT2D eigenvalue weighted by atomic mass is 10.1. The number of anilines is 1. The first-order valence-electron chi connectivity index (χ1n) is 9.28. The van der Waals surface area contributed by atoms with E-state index in [0.29, 0.717) is 11.3 Å². The molecular weight excluding hydrogens is 434 g/mol. The number of rotatable bonds is 6. The van der Waals surface area contributed by atoms with Crippen LogP contribution in [0.5, 0.6) is 5.75 Å². The standard InChI is InChI=1S/C19H15N9O5/c1-10(13-7-2-3-8-14(13)29)21-23-19(30)15-16(11-5-4-6-12(9-11)28(31)32)27(26-22-15)18-17(20)24-33-25-18/h2-9,29H,1H3,(H2,20,24)(H,23,30)/b21-10+. The molecule has 0 aliphatic heterocycles. The van der Waals surface area contributed by atoms with Crippen molar-refractivity contribution >= 4 is 23.1 Å².